The van der Waals surface area contributed by atoms with Gasteiger partial charge in [-0.15, -0.1) is 0 Å². The second-order valence-electron chi connectivity index (χ2n) is 5.05. The summed E-state index contributed by atoms with van der Waals surface area (Å²) < 4.78 is 0. The fourth-order valence-electron chi connectivity index (χ4n) is 1.88. The normalized spacial score (nSPS) is 10.2. The molecule has 0 saturated carbocycles. The maximum Gasteiger partial charge on any atom is 0.226 e. The molecule has 2 N–H and O–H groups in total. The highest BCUT2D eigenvalue weighted by Crippen LogP contribution is 2.19. The Hall–Kier alpha value is -2.00. The minimum Gasteiger partial charge on any atom is -0.384 e. The van der Waals surface area contributed by atoms with Crippen LogP contribution in [0.5, 0.6) is 0 Å². The van der Waals surface area contributed by atoms with E-state index in [4.69, 9.17) is 11.6 Å². The van der Waals surface area contributed by atoms with Gasteiger partial charge in [0.15, 0.2) is 0 Å². The predicted octanol–water partition coefficient (Wildman–Crippen LogP) is 4.40. The van der Waals surface area contributed by atoms with Gasteiger partial charge < -0.3 is 10.6 Å². The molecule has 0 radical (unpaired) electrons. The van der Waals surface area contributed by atoms with Crippen molar-refractivity contribution in [3.05, 3.63) is 58.6 Å². The number of nitrogens with one attached hydrogen (secondary N) is 2. The smallest absolute Gasteiger partial charge is 0.226 e. The van der Waals surface area contributed by atoms with Gasteiger partial charge >= 0.3 is 0 Å². The first-order valence-corrected chi connectivity index (χ1v) is 7.29. The Morgan fingerprint density at radius 3 is 2.38 bits per heavy atom. The van der Waals surface area contributed by atoms with Gasteiger partial charge in [-0.05, 0) is 43.7 Å². The van der Waals surface area contributed by atoms with E-state index in [-0.39, 0.29) is 5.91 Å². The summed E-state index contributed by atoms with van der Waals surface area (Å²) in [5, 5.41) is 6.79. The van der Waals surface area contributed by atoms with Crippen molar-refractivity contribution in [2.75, 3.05) is 17.2 Å². The zero-order valence-corrected chi connectivity index (χ0v) is 13.0. The van der Waals surface area contributed by atoms with Crippen LogP contribution in [0, 0.1) is 13.8 Å². The first kappa shape index (κ1) is 15.4. The monoisotopic (exact) mass is 302 g/mol. The van der Waals surface area contributed by atoms with E-state index in [1.807, 2.05) is 56.3 Å². The van der Waals surface area contributed by atoms with Crippen molar-refractivity contribution in [2.24, 2.45) is 0 Å². The molecule has 0 atom stereocenters. The van der Waals surface area contributed by atoms with Crippen LogP contribution in [0.1, 0.15) is 17.5 Å². The molecule has 0 aliphatic heterocycles. The molecule has 0 fully saturated rings. The van der Waals surface area contributed by atoms with Crippen LogP contribution in [0.4, 0.5) is 11.4 Å². The molecule has 2 aromatic carbocycles. The molecular formula is C17H19ClN2O. The van der Waals surface area contributed by atoms with Crippen molar-refractivity contribution < 1.29 is 4.79 Å². The number of amides is 1. The Labute approximate surface area is 130 Å². The maximum absolute atomic E-state index is 11.8. The molecule has 0 bridgehead atoms. The molecule has 110 valence electrons. The van der Waals surface area contributed by atoms with Crippen LogP contribution in [0.25, 0.3) is 0 Å². The highest BCUT2D eigenvalue weighted by Gasteiger charge is 2.03. The Balaban J connectivity index is 1.78. The van der Waals surface area contributed by atoms with Gasteiger partial charge in [-0.25, -0.2) is 0 Å². The third-order valence-corrected chi connectivity index (χ3v) is 3.60. The first-order valence-electron chi connectivity index (χ1n) is 6.91. The lowest BCUT2D eigenvalue weighted by Gasteiger charge is -2.09. The Morgan fingerprint density at radius 1 is 1.05 bits per heavy atom. The van der Waals surface area contributed by atoms with E-state index in [9.17, 15) is 4.79 Å². The molecule has 2 rings (SSSR count). The van der Waals surface area contributed by atoms with Crippen LogP contribution in [0.15, 0.2) is 42.5 Å². The first-order chi connectivity index (χ1) is 10.0. The van der Waals surface area contributed by atoms with Gasteiger partial charge in [0.2, 0.25) is 5.91 Å². The van der Waals surface area contributed by atoms with Gasteiger partial charge in [0.25, 0.3) is 0 Å². The summed E-state index contributed by atoms with van der Waals surface area (Å²) in [6.07, 6.45) is 0.402. The van der Waals surface area contributed by atoms with Crippen molar-refractivity contribution in [3.63, 3.8) is 0 Å². The van der Waals surface area contributed by atoms with Crippen molar-refractivity contribution in [3.8, 4) is 0 Å². The van der Waals surface area contributed by atoms with Gasteiger partial charge in [-0.1, -0.05) is 35.4 Å². The molecule has 2 aromatic rings. The Kier molecular flexibility index (Phi) is 5.23. The van der Waals surface area contributed by atoms with E-state index in [1.54, 1.807) is 0 Å². The van der Waals surface area contributed by atoms with Crippen molar-refractivity contribution in [1.29, 1.82) is 0 Å². The summed E-state index contributed by atoms with van der Waals surface area (Å²) in [6.45, 7) is 4.54. The third-order valence-electron chi connectivity index (χ3n) is 3.19. The van der Waals surface area contributed by atoms with Crippen LogP contribution in [0.3, 0.4) is 0 Å². The highest BCUT2D eigenvalue weighted by atomic mass is 35.5. The number of carbonyl (C=O) groups excluding carboxylic acids is 1. The lowest BCUT2D eigenvalue weighted by molar-refractivity contribution is -0.115. The van der Waals surface area contributed by atoms with Gasteiger partial charge in [0.1, 0.15) is 0 Å². The zero-order chi connectivity index (χ0) is 15.2. The number of hydrogen-bond acceptors (Lipinski definition) is 2. The molecule has 0 saturated heterocycles. The van der Waals surface area contributed by atoms with Crippen molar-refractivity contribution in [2.45, 2.75) is 20.3 Å². The highest BCUT2D eigenvalue weighted by molar-refractivity contribution is 6.31. The van der Waals surface area contributed by atoms with E-state index < -0.39 is 0 Å². The fraction of sp³-hybridized carbons (Fsp3) is 0.235. The minimum absolute atomic E-state index is 0.00967. The van der Waals surface area contributed by atoms with Crippen LogP contribution in [0.2, 0.25) is 5.02 Å². The fourth-order valence-corrected chi connectivity index (χ4v) is 2.06. The lowest BCUT2D eigenvalue weighted by Crippen LogP contribution is -2.16. The number of halogens is 1. The largest absolute Gasteiger partial charge is 0.384 e. The third kappa shape index (κ3) is 4.80. The number of benzene rings is 2. The van der Waals surface area contributed by atoms with E-state index in [2.05, 4.69) is 10.6 Å². The second-order valence-corrected chi connectivity index (χ2v) is 5.46. The van der Waals surface area contributed by atoms with Crippen molar-refractivity contribution in [1.82, 2.24) is 0 Å². The number of hydrogen-bond donors (Lipinski definition) is 2. The molecule has 0 unspecified atom stereocenters. The summed E-state index contributed by atoms with van der Waals surface area (Å²) in [5.74, 6) is -0.00967. The summed E-state index contributed by atoms with van der Waals surface area (Å²) in [6, 6.07) is 13.5. The SMILES string of the molecule is Cc1ccc(NC(=O)CCNc2ccc(C)c(Cl)c2)cc1. The molecule has 3 nitrogen and oxygen atoms in total. The second kappa shape index (κ2) is 7.14. The molecular weight excluding hydrogens is 284 g/mol. The summed E-state index contributed by atoms with van der Waals surface area (Å²) >= 11 is 6.06. The topological polar surface area (TPSA) is 41.1 Å². The maximum atomic E-state index is 11.8. The van der Waals surface area contributed by atoms with E-state index in [1.165, 1.54) is 5.56 Å². The van der Waals surface area contributed by atoms with Crippen LogP contribution < -0.4 is 10.6 Å². The van der Waals surface area contributed by atoms with Crippen LogP contribution in [-0.4, -0.2) is 12.5 Å². The molecule has 0 heterocycles. The van der Waals surface area contributed by atoms with Gasteiger partial charge in [-0.2, -0.15) is 0 Å². The standard InChI is InChI=1S/C17H19ClN2O/c1-12-3-6-14(7-4-12)20-17(21)9-10-19-15-8-5-13(2)16(18)11-15/h3-8,11,19H,9-10H2,1-2H3,(H,20,21). The van der Waals surface area contributed by atoms with E-state index >= 15 is 0 Å². The van der Waals surface area contributed by atoms with Gasteiger partial charge in [0.05, 0.1) is 0 Å². The number of aryl methyl sites for hydroxylation is 2. The van der Waals surface area contributed by atoms with Gasteiger partial charge in [-0.3, -0.25) is 4.79 Å². The quantitative estimate of drug-likeness (QED) is 0.859. The predicted molar refractivity (Wildman–Crippen MR) is 89.1 cm³/mol. The lowest BCUT2D eigenvalue weighted by atomic mass is 10.2. The number of anilines is 2. The van der Waals surface area contributed by atoms with Gasteiger partial charge in [0, 0.05) is 29.4 Å². The summed E-state index contributed by atoms with van der Waals surface area (Å²) in [5.41, 5.74) is 3.96. The number of rotatable bonds is 5. The van der Waals surface area contributed by atoms with E-state index in [0.717, 1.165) is 22.0 Å². The Morgan fingerprint density at radius 2 is 1.71 bits per heavy atom. The Bertz CT molecular complexity index is 623. The molecule has 1 amide bonds. The molecule has 0 spiro atoms. The summed E-state index contributed by atoms with van der Waals surface area (Å²) in [4.78, 5) is 11.8. The molecule has 0 aliphatic carbocycles. The molecule has 0 aromatic heterocycles. The average molecular weight is 303 g/mol. The summed E-state index contributed by atoms with van der Waals surface area (Å²) in [7, 11) is 0. The average Bonchev–Trinajstić information content (AvgIpc) is 2.45. The molecule has 21 heavy (non-hydrogen) atoms. The minimum atomic E-state index is -0.00967. The van der Waals surface area contributed by atoms with Crippen molar-refractivity contribution >= 4 is 28.9 Å². The zero-order valence-electron chi connectivity index (χ0n) is 12.2. The molecule has 0 aliphatic rings. The van der Waals surface area contributed by atoms with Crippen LogP contribution >= 0.6 is 11.6 Å². The van der Waals surface area contributed by atoms with Crippen LogP contribution in [-0.2, 0) is 4.79 Å². The molecule has 4 heteroatoms. The van der Waals surface area contributed by atoms with E-state index in [0.29, 0.717) is 13.0 Å². The number of carbonyl (C=O) groups is 1.